The molecule has 2 heterocycles. The fourth-order valence-corrected chi connectivity index (χ4v) is 4.58. The second-order valence-corrected chi connectivity index (χ2v) is 8.78. The summed E-state index contributed by atoms with van der Waals surface area (Å²) in [4.78, 5) is 26.9. The van der Waals surface area contributed by atoms with Gasteiger partial charge in [-0.05, 0) is 41.1 Å². The van der Waals surface area contributed by atoms with E-state index in [1.54, 1.807) is 0 Å². The summed E-state index contributed by atoms with van der Waals surface area (Å²) in [5.74, 6) is -0.424. The Morgan fingerprint density at radius 1 is 1.56 bits per heavy atom. The van der Waals surface area contributed by atoms with E-state index >= 15 is 0 Å². The Morgan fingerprint density at radius 3 is 2.89 bits per heavy atom. The highest BCUT2D eigenvalue weighted by Gasteiger charge is 2.32. The number of thiophene rings is 1. The van der Waals surface area contributed by atoms with Crippen LogP contribution in [0.25, 0.3) is 0 Å². The van der Waals surface area contributed by atoms with Gasteiger partial charge in [0.15, 0.2) is 0 Å². The lowest BCUT2D eigenvalue weighted by atomic mass is 9.72. The van der Waals surface area contributed by atoms with E-state index in [-0.39, 0.29) is 12.0 Å². The first-order valence-corrected chi connectivity index (χ1v) is 9.39. The molecule has 0 unspecified atom stereocenters. The third-order valence-corrected chi connectivity index (χ3v) is 6.02. The minimum Gasteiger partial charge on any atom is -0.390 e. The van der Waals surface area contributed by atoms with Crippen molar-refractivity contribution in [2.75, 3.05) is 5.32 Å². The molecular weight excluding hydrogens is 368 g/mol. The number of hydrogen-bond acceptors (Lipinski definition) is 7. The highest BCUT2D eigenvalue weighted by Crippen LogP contribution is 2.43. The van der Waals surface area contributed by atoms with Crippen LogP contribution in [-0.4, -0.2) is 25.6 Å². The van der Waals surface area contributed by atoms with E-state index in [1.807, 2.05) is 0 Å². The monoisotopic (exact) mass is 388 g/mol. The summed E-state index contributed by atoms with van der Waals surface area (Å²) in [6, 6.07) is 2.22. The summed E-state index contributed by atoms with van der Waals surface area (Å²) >= 11 is 1.45. The van der Waals surface area contributed by atoms with Crippen LogP contribution in [0.2, 0.25) is 0 Å². The van der Waals surface area contributed by atoms with Crippen molar-refractivity contribution < 1.29 is 9.72 Å². The first-order valence-electron chi connectivity index (χ1n) is 8.57. The van der Waals surface area contributed by atoms with Gasteiger partial charge in [-0.1, -0.05) is 25.8 Å². The van der Waals surface area contributed by atoms with Crippen molar-refractivity contribution in [3.8, 4) is 6.07 Å². The number of carbonyl (C=O) groups excluding carboxylic acids is 1. The van der Waals surface area contributed by atoms with Crippen molar-refractivity contribution in [1.29, 1.82) is 5.26 Å². The molecule has 27 heavy (non-hydrogen) atoms. The smallest absolute Gasteiger partial charge is 0.390 e. The molecule has 0 aromatic carbocycles. The summed E-state index contributed by atoms with van der Waals surface area (Å²) in [5, 5.41) is 27.1. The van der Waals surface area contributed by atoms with Gasteiger partial charge in [0.05, 0.1) is 5.56 Å². The molecule has 0 spiro atoms. The Kier molecular flexibility index (Phi) is 4.97. The molecule has 0 saturated carbocycles. The number of amides is 1. The molecule has 1 aliphatic carbocycles. The normalized spacial score (nSPS) is 16.4. The van der Waals surface area contributed by atoms with Crippen molar-refractivity contribution in [3.63, 3.8) is 0 Å². The minimum absolute atomic E-state index is 0.194. The molecule has 1 N–H and O–H groups in total. The number of carbonyl (C=O) groups is 1. The van der Waals surface area contributed by atoms with Crippen molar-refractivity contribution in [2.45, 2.75) is 46.6 Å². The van der Waals surface area contributed by atoms with Gasteiger partial charge in [0.25, 0.3) is 0 Å². The van der Waals surface area contributed by atoms with E-state index in [0.717, 1.165) is 40.7 Å². The number of rotatable bonds is 4. The van der Waals surface area contributed by atoms with Gasteiger partial charge < -0.3 is 15.4 Å². The number of nitriles is 1. The predicted octanol–water partition coefficient (Wildman–Crippen LogP) is 2.91. The van der Waals surface area contributed by atoms with E-state index in [2.05, 4.69) is 42.2 Å². The molecule has 0 aliphatic heterocycles. The van der Waals surface area contributed by atoms with Crippen LogP contribution in [0, 0.1) is 32.8 Å². The van der Waals surface area contributed by atoms with Crippen LogP contribution in [0.5, 0.6) is 0 Å². The van der Waals surface area contributed by atoms with Gasteiger partial charge in [0, 0.05) is 9.98 Å². The SMILES string of the molecule is CC(C)(C)[C@H]1CCc2c(sc(NC(=O)Cn3cnc([N+](=O)[O-])n3)c2C#N)C1. The molecule has 142 valence electrons. The molecule has 1 amide bonds. The Balaban J connectivity index is 1.75. The lowest BCUT2D eigenvalue weighted by Crippen LogP contribution is -2.26. The van der Waals surface area contributed by atoms with Crippen molar-refractivity contribution in [1.82, 2.24) is 14.8 Å². The lowest BCUT2D eigenvalue weighted by molar-refractivity contribution is -0.394. The Morgan fingerprint density at radius 2 is 2.30 bits per heavy atom. The van der Waals surface area contributed by atoms with Crippen LogP contribution in [0.3, 0.4) is 0 Å². The fourth-order valence-electron chi connectivity index (χ4n) is 3.29. The van der Waals surface area contributed by atoms with Crippen molar-refractivity contribution >= 4 is 28.2 Å². The standard InChI is InChI=1S/C17H20N6O3S/c1-17(2,3)10-4-5-11-12(7-18)15(27-13(11)6-10)20-14(24)8-22-9-19-16(21-22)23(25)26/h9-10H,4-6,8H2,1-3H3,(H,20,24)/t10-/m0/s1. The van der Waals surface area contributed by atoms with E-state index in [1.165, 1.54) is 11.3 Å². The van der Waals surface area contributed by atoms with E-state index < -0.39 is 16.8 Å². The third-order valence-electron chi connectivity index (χ3n) is 4.85. The van der Waals surface area contributed by atoms with E-state index in [0.29, 0.717) is 16.5 Å². The van der Waals surface area contributed by atoms with Gasteiger partial charge in [-0.2, -0.15) is 9.94 Å². The zero-order valence-electron chi connectivity index (χ0n) is 15.4. The number of aromatic nitrogens is 3. The number of hydrogen-bond donors (Lipinski definition) is 1. The molecular formula is C17H20N6O3S. The van der Waals surface area contributed by atoms with Gasteiger partial charge in [-0.3, -0.25) is 4.79 Å². The second kappa shape index (κ2) is 7.08. The molecule has 2 aromatic heterocycles. The molecule has 1 atom stereocenters. The number of nitrogens with zero attached hydrogens (tertiary/aromatic N) is 5. The van der Waals surface area contributed by atoms with Crippen LogP contribution in [0.15, 0.2) is 6.33 Å². The molecule has 0 bridgehead atoms. The van der Waals surface area contributed by atoms with E-state index in [9.17, 15) is 20.2 Å². The maximum Gasteiger partial charge on any atom is 0.490 e. The largest absolute Gasteiger partial charge is 0.490 e. The highest BCUT2D eigenvalue weighted by molar-refractivity contribution is 7.16. The Labute approximate surface area is 160 Å². The first-order chi connectivity index (χ1) is 12.7. The summed E-state index contributed by atoms with van der Waals surface area (Å²) in [5.41, 5.74) is 1.76. The molecule has 3 rings (SSSR count). The van der Waals surface area contributed by atoms with Gasteiger partial charge in [0.2, 0.25) is 12.2 Å². The summed E-state index contributed by atoms with van der Waals surface area (Å²) in [6.45, 7) is 6.46. The predicted molar refractivity (Wildman–Crippen MR) is 99.3 cm³/mol. The van der Waals surface area contributed by atoms with Gasteiger partial charge >= 0.3 is 5.95 Å². The molecule has 1 aliphatic rings. The van der Waals surface area contributed by atoms with Crippen molar-refractivity contribution in [2.24, 2.45) is 11.3 Å². The van der Waals surface area contributed by atoms with Crippen molar-refractivity contribution in [3.05, 3.63) is 32.4 Å². The Hall–Kier alpha value is -2.80. The van der Waals surface area contributed by atoms with Gasteiger partial charge in [-0.25, -0.2) is 0 Å². The molecule has 0 radical (unpaired) electrons. The first kappa shape index (κ1) is 19.0. The molecule has 9 nitrogen and oxygen atoms in total. The van der Waals surface area contributed by atoms with Crippen LogP contribution >= 0.6 is 11.3 Å². The van der Waals surface area contributed by atoms with Gasteiger partial charge in [0.1, 0.15) is 17.6 Å². The third kappa shape index (κ3) is 3.98. The fraction of sp³-hybridized carbons (Fsp3) is 0.529. The Bertz CT molecular complexity index is 934. The quantitative estimate of drug-likeness (QED) is 0.634. The zero-order chi connectivity index (χ0) is 19.8. The van der Waals surface area contributed by atoms with Gasteiger partial charge in [-0.15, -0.1) is 11.3 Å². The topological polar surface area (TPSA) is 127 Å². The van der Waals surface area contributed by atoms with Crippen LogP contribution in [0.4, 0.5) is 10.9 Å². The second-order valence-electron chi connectivity index (χ2n) is 7.67. The van der Waals surface area contributed by atoms with Crippen LogP contribution in [-0.2, 0) is 24.2 Å². The summed E-state index contributed by atoms with van der Waals surface area (Å²) < 4.78 is 1.10. The maximum atomic E-state index is 12.3. The molecule has 0 fully saturated rings. The number of anilines is 1. The number of fused-ring (bicyclic) bond motifs is 1. The summed E-state index contributed by atoms with van der Waals surface area (Å²) in [7, 11) is 0. The highest BCUT2D eigenvalue weighted by atomic mass is 32.1. The maximum absolute atomic E-state index is 12.3. The lowest BCUT2D eigenvalue weighted by Gasteiger charge is -2.33. The average Bonchev–Trinajstić information content (AvgIpc) is 3.17. The molecule has 10 heteroatoms. The summed E-state index contributed by atoms with van der Waals surface area (Å²) in [6.07, 6.45) is 3.90. The van der Waals surface area contributed by atoms with Crippen LogP contribution < -0.4 is 5.32 Å². The molecule has 0 saturated heterocycles. The average molecular weight is 388 g/mol. The zero-order valence-corrected chi connectivity index (χ0v) is 16.2. The number of nitrogens with one attached hydrogen (secondary N) is 1. The molecule has 2 aromatic rings. The number of nitro groups is 1. The van der Waals surface area contributed by atoms with E-state index in [4.69, 9.17) is 0 Å². The van der Waals surface area contributed by atoms with Crippen LogP contribution in [0.1, 0.15) is 43.2 Å². The minimum atomic E-state index is -0.721.